The van der Waals surface area contributed by atoms with Crippen LogP contribution in [-0.4, -0.2) is 17.9 Å². The van der Waals surface area contributed by atoms with Gasteiger partial charge >= 0.3 is 0 Å². The summed E-state index contributed by atoms with van der Waals surface area (Å²) in [5.41, 5.74) is 1.07. The number of carbonyl (C=O) groups is 1. The molecule has 0 aliphatic heterocycles. The molecule has 0 aromatic heterocycles. The van der Waals surface area contributed by atoms with Gasteiger partial charge in [-0.15, -0.1) is 0 Å². The van der Waals surface area contributed by atoms with Crippen molar-refractivity contribution in [1.29, 1.82) is 0 Å². The van der Waals surface area contributed by atoms with Crippen LogP contribution in [0.4, 0.5) is 5.69 Å². The number of hydrogen-bond acceptors (Lipinski definition) is 4. The Hall–Kier alpha value is -2.89. The van der Waals surface area contributed by atoms with Crippen LogP contribution < -0.4 is 10.1 Å². The van der Waals surface area contributed by atoms with E-state index in [1.807, 2.05) is 31.2 Å². The lowest BCUT2D eigenvalue weighted by Gasteiger charge is -2.14. The molecule has 2 aromatic carbocycles. The number of nitrogens with zero attached hydrogens (tertiary/aromatic N) is 1. The van der Waals surface area contributed by atoms with Gasteiger partial charge in [0, 0.05) is 17.7 Å². The minimum absolute atomic E-state index is 0.107. The molecule has 2 aromatic rings. The van der Waals surface area contributed by atoms with Crippen molar-refractivity contribution in [1.82, 2.24) is 5.32 Å². The van der Waals surface area contributed by atoms with E-state index in [1.54, 1.807) is 13.2 Å². The quantitative estimate of drug-likeness (QED) is 0.679. The second kappa shape index (κ2) is 6.71. The van der Waals surface area contributed by atoms with E-state index in [2.05, 4.69) is 5.32 Å². The highest BCUT2D eigenvalue weighted by Gasteiger charge is 2.14. The van der Waals surface area contributed by atoms with Crippen LogP contribution in [0.5, 0.6) is 5.75 Å². The summed E-state index contributed by atoms with van der Waals surface area (Å²) in [6.45, 7) is 1.84. The third-order valence-corrected chi connectivity index (χ3v) is 3.28. The number of rotatable bonds is 5. The predicted molar refractivity (Wildman–Crippen MR) is 82.0 cm³/mol. The van der Waals surface area contributed by atoms with E-state index in [0.29, 0.717) is 0 Å². The molecule has 0 spiro atoms. The van der Waals surface area contributed by atoms with Crippen molar-refractivity contribution < 1.29 is 14.5 Å². The Labute approximate surface area is 127 Å². The number of non-ortho nitro benzene ring substituents is 1. The second-order valence-corrected chi connectivity index (χ2v) is 4.78. The van der Waals surface area contributed by atoms with Gasteiger partial charge in [-0.3, -0.25) is 14.9 Å². The minimum atomic E-state index is -0.524. The van der Waals surface area contributed by atoms with E-state index in [-0.39, 0.29) is 23.2 Å². The Morgan fingerprint density at radius 3 is 2.50 bits per heavy atom. The number of amides is 1. The molecule has 2 rings (SSSR count). The zero-order valence-corrected chi connectivity index (χ0v) is 12.3. The molecule has 0 saturated carbocycles. The Morgan fingerprint density at radius 2 is 1.91 bits per heavy atom. The number of methoxy groups -OCH3 is 1. The molecule has 0 aliphatic rings. The molecule has 6 nitrogen and oxygen atoms in total. The fourth-order valence-electron chi connectivity index (χ4n) is 2.02. The zero-order valence-electron chi connectivity index (χ0n) is 12.3. The SMILES string of the molecule is COc1ccc([C@H](C)NC(=O)c2cccc([N+](=O)[O-])c2)cc1. The van der Waals surface area contributed by atoms with Crippen molar-refractivity contribution in [3.05, 3.63) is 69.8 Å². The van der Waals surface area contributed by atoms with Crippen molar-refractivity contribution in [2.24, 2.45) is 0 Å². The van der Waals surface area contributed by atoms with E-state index in [0.717, 1.165) is 11.3 Å². The first-order chi connectivity index (χ1) is 10.5. The van der Waals surface area contributed by atoms with Gasteiger partial charge in [-0.05, 0) is 30.7 Å². The molecule has 114 valence electrons. The number of hydrogen-bond donors (Lipinski definition) is 1. The van der Waals surface area contributed by atoms with Crippen LogP contribution in [0.3, 0.4) is 0 Å². The molecule has 0 unspecified atom stereocenters. The molecular weight excluding hydrogens is 284 g/mol. The van der Waals surface area contributed by atoms with Crippen LogP contribution in [-0.2, 0) is 0 Å². The topological polar surface area (TPSA) is 81.5 Å². The average Bonchev–Trinajstić information content (AvgIpc) is 2.54. The number of nitrogens with one attached hydrogen (secondary N) is 1. The maximum atomic E-state index is 12.2. The van der Waals surface area contributed by atoms with Crippen LogP contribution in [0.2, 0.25) is 0 Å². The van der Waals surface area contributed by atoms with Crippen molar-refractivity contribution >= 4 is 11.6 Å². The number of ether oxygens (including phenoxy) is 1. The molecule has 6 heteroatoms. The summed E-state index contributed by atoms with van der Waals surface area (Å²) in [6.07, 6.45) is 0. The lowest BCUT2D eigenvalue weighted by atomic mass is 10.1. The molecule has 1 atom stereocenters. The first-order valence-corrected chi connectivity index (χ1v) is 6.70. The molecule has 0 heterocycles. The third-order valence-electron chi connectivity index (χ3n) is 3.28. The normalized spacial score (nSPS) is 11.5. The highest BCUT2D eigenvalue weighted by atomic mass is 16.6. The first-order valence-electron chi connectivity index (χ1n) is 6.70. The molecule has 0 radical (unpaired) electrons. The van der Waals surface area contributed by atoms with Gasteiger partial charge in [-0.2, -0.15) is 0 Å². The largest absolute Gasteiger partial charge is 0.497 e. The van der Waals surface area contributed by atoms with Crippen molar-refractivity contribution in [3.63, 3.8) is 0 Å². The summed E-state index contributed by atoms with van der Waals surface area (Å²) < 4.78 is 5.08. The Kier molecular flexibility index (Phi) is 4.73. The van der Waals surface area contributed by atoms with Crippen LogP contribution in [0.25, 0.3) is 0 Å². The molecule has 0 bridgehead atoms. The van der Waals surface area contributed by atoms with Gasteiger partial charge in [0.05, 0.1) is 18.1 Å². The van der Waals surface area contributed by atoms with E-state index < -0.39 is 4.92 Å². The zero-order chi connectivity index (χ0) is 16.1. The maximum absolute atomic E-state index is 12.2. The second-order valence-electron chi connectivity index (χ2n) is 4.78. The number of nitro groups is 1. The Bertz CT molecular complexity index is 683. The van der Waals surface area contributed by atoms with E-state index >= 15 is 0 Å². The van der Waals surface area contributed by atoms with Crippen LogP contribution >= 0.6 is 0 Å². The highest BCUT2D eigenvalue weighted by Crippen LogP contribution is 2.18. The summed E-state index contributed by atoms with van der Waals surface area (Å²) in [6, 6.07) is 12.8. The Balaban J connectivity index is 2.10. The van der Waals surface area contributed by atoms with Crippen molar-refractivity contribution in [2.45, 2.75) is 13.0 Å². The van der Waals surface area contributed by atoms with Gasteiger partial charge in [0.1, 0.15) is 5.75 Å². The highest BCUT2D eigenvalue weighted by molar-refractivity contribution is 5.95. The van der Waals surface area contributed by atoms with Gasteiger partial charge in [0.25, 0.3) is 11.6 Å². The summed E-state index contributed by atoms with van der Waals surface area (Å²) in [4.78, 5) is 22.4. The van der Waals surface area contributed by atoms with Crippen molar-refractivity contribution in [3.8, 4) is 5.75 Å². The van der Waals surface area contributed by atoms with Gasteiger partial charge < -0.3 is 10.1 Å². The van der Waals surface area contributed by atoms with Gasteiger partial charge in [0.2, 0.25) is 0 Å². The Morgan fingerprint density at radius 1 is 1.23 bits per heavy atom. The molecular formula is C16H16N2O4. The lowest BCUT2D eigenvalue weighted by molar-refractivity contribution is -0.384. The number of carbonyl (C=O) groups excluding carboxylic acids is 1. The molecule has 0 fully saturated rings. The van der Waals surface area contributed by atoms with Crippen LogP contribution in [0.15, 0.2) is 48.5 Å². The maximum Gasteiger partial charge on any atom is 0.270 e. The molecule has 22 heavy (non-hydrogen) atoms. The van der Waals surface area contributed by atoms with E-state index in [4.69, 9.17) is 4.74 Å². The molecule has 0 aliphatic carbocycles. The minimum Gasteiger partial charge on any atom is -0.497 e. The predicted octanol–water partition coefficient (Wildman–Crippen LogP) is 3.09. The number of benzene rings is 2. The standard InChI is InChI=1S/C16H16N2O4/c1-11(12-6-8-15(22-2)9-7-12)17-16(19)13-4-3-5-14(10-13)18(20)21/h3-11H,1-2H3,(H,17,19)/t11-/m0/s1. The fraction of sp³-hybridized carbons (Fsp3) is 0.188. The van der Waals surface area contributed by atoms with Gasteiger partial charge in [0.15, 0.2) is 0 Å². The number of nitro benzene ring substituents is 1. The van der Waals surface area contributed by atoms with Gasteiger partial charge in [-0.1, -0.05) is 18.2 Å². The summed E-state index contributed by atoms with van der Waals surface area (Å²) in [5.74, 6) is 0.382. The monoisotopic (exact) mass is 300 g/mol. The smallest absolute Gasteiger partial charge is 0.270 e. The summed E-state index contributed by atoms with van der Waals surface area (Å²) in [7, 11) is 1.59. The fourth-order valence-corrected chi connectivity index (χ4v) is 2.02. The molecule has 1 N–H and O–H groups in total. The van der Waals surface area contributed by atoms with E-state index in [9.17, 15) is 14.9 Å². The summed E-state index contributed by atoms with van der Waals surface area (Å²) in [5, 5.41) is 13.6. The van der Waals surface area contributed by atoms with Crippen LogP contribution in [0.1, 0.15) is 28.9 Å². The van der Waals surface area contributed by atoms with Crippen molar-refractivity contribution in [2.75, 3.05) is 7.11 Å². The third kappa shape index (κ3) is 3.60. The molecule has 0 saturated heterocycles. The lowest BCUT2D eigenvalue weighted by Crippen LogP contribution is -2.26. The average molecular weight is 300 g/mol. The van der Waals surface area contributed by atoms with Crippen LogP contribution in [0, 0.1) is 10.1 Å². The molecule has 1 amide bonds. The van der Waals surface area contributed by atoms with E-state index in [1.165, 1.54) is 18.2 Å². The first kappa shape index (κ1) is 15.5. The summed E-state index contributed by atoms with van der Waals surface area (Å²) >= 11 is 0. The van der Waals surface area contributed by atoms with Gasteiger partial charge in [-0.25, -0.2) is 0 Å².